The molecule has 2 rings (SSSR count). The lowest BCUT2D eigenvalue weighted by Crippen LogP contribution is -2.34. The van der Waals surface area contributed by atoms with Crippen LogP contribution in [0.4, 0.5) is 5.82 Å². The summed E-state index contributed by atoms with van der Waals surface area (Å²) in [5.74, 6) is 1.19. The van der Waals surface area contributed by atoms with Crippen molar-refractivity contribution in [3.63, 3.8) is 0 Å². The monoisotopic (exact) mass is 278 g/mol. The second kappa shape index (κ2) is 6.15. The summed E-state index contributed by atoms with van der Waals surface area (Å²) < 4.78 is 6.85. The van der Waals surface area contributed by atoms with E-state index in [2.05, 4.69) is 33.8 Å². The number of anilines is 1. The number of methoxy groups -OCH3 is 1. The quantitative estimate of drug-likeness (QED) is 0.841. The van der Waals surface area contributed by atoms with E-state index < -0.39 is 0 Å². The minimum absolute atomic E-state index is 0.386. The number of nitrogens with two attached hydrogens (primary N) is 1. The number of hydrogen-bond donors (Lipinski definition) is 1. The number of aromatic nitrogens is 4. The molecule has 0 aromatic carbocycles. The topological polar surface area (TPSA) is 82.1 Å². The lowest BCUT2D eigenvalue weighted by molar-refractivity contribution is 0.123. The lowest BCUT2D eigenvalue weighted by atomic mass is 10.3. The van der Waals surface area contributed by atoms with Gasteiger partial charge in [0.05, 0.1) is 24.7 Å². The molecule has 7 nitrogen and oxygen atoms in total. The first-order chi connectivity index (χ1) is 9.52. The Hall–Kier alpha value is -1.73. The Kier molecular flexibility index (Phi) is 4.51. The van der Waals surface area contributed by atoms with Crippen LogP contribution < -0.4 is 5.73 Å². The molecule has 0 aliphatic carbocycles. The molecule has 2 aromatic heterocycles. The van der Waals surface area contributed by atoms with Gasteiger partial charge in [0, 0.05) is 26.7 Å². The summed E-state index contributed by atoms with van der Waals surface area (Å²) in [5.41, 5.74) is 6.74. The second-order valence-corrected chi connectivity index (χ2v) is 5.09. The number of ether oxygens (including phenoxy) is 1. The van der Waals surface area contributed by atoms with Gasteiger partial charge in [-0.25, -0.2) is 9.97 Å². The lowest BCUT2D eigenvalue weighted by Gasteiger charge is -2.25. The summed E-state index contributed by atoms with van der Waals surface area (Å²) in [5, 5.41) is 4.96. The van der Waals surface area contributed by atoms with Crippen molar-refractivity contribution in [1.29, 1.82) is 0 Å². The predicted molar refractivity (Wildman–Crippen MR) is 78.1 cm³/mol. The number of hydrogen-bond acceptors (Lipinski definition) is 6. The van der Waals surface area contributed by atoms with Crippen molar-refractivity contribution >= 4 is 16.9 Å². The molecule has 0 atom stereocenters. The van der Waals surface area contributed by atoms with Gasteiger partial charge in [0.1, 0.15) is 11.6 Å². The number of aryl methyl sites for hydroxylation is 1. The SMILES string of the molecule is COCCN(Cc1nc(N)c2cnn(C)c2n1)C(C)C. The molecule has 0 bridgehead atoms. The molecule has 7 heteroatoms. The van der Waals surface area contributed by atoms with E-state index in [9.17, 15) is 0 Å². The van der Waals surface area contributed by atoms with Gasteiger partial charge in [-0.2, -0.15) is 5.10 Å². The van der Waals surface area contributed by atoms with E-state index in [1.807, 2.05) is 7.05 Å². The molecule has 0 radical (unpaired) electrons. The fraction of sp³-hybridized carbons (Fsp3) is 0.615. The maximum Gasteiger partial charge on any atom is 0.163 e. The minimum Gasteiger partial charge on any atom is -0.383 e. The number of nitrogens with zero attached hydrogens (tertiary/aromatic N) is 5. The van der Waals surface area contributed by atoms with Crippen molar-refractivity contribution in [2.45, 2.75) is 26.4 Å². The van der Waals surface area contributed by atoms with Crippen LogP contribution >= 0.6 is 0 Å². The zero-order valence-electron chi connectivity index (χ0n) is 12.5. The smallest absolute Gasteiger partial charge is 0.163 e. The van der Waals surface area contributed by atoms with Crippen molar-refractivity contribution < 1.29 is 4.74 Å². The molecule has 0 amide bonds. The van der Waals surface area contributed by atoms with E-state index in [1.165, 1.54) is 0 Å². The molecule has 20 heavy (non-hydrogen) atoms. The number of fused-ring (bicyclic) bond motifs is 1. The van der Waals surface area contributed by atoms with E-state index in [4.69, 9.17) is 10.5 Å². The summed E-state index contributed by atoms with van der Waals surface area (Å²) in [7, 11) is 3.55. The van der Waals surface area contributed by atoms with Gasteiger partial charge in [-0.1, -0.05) is 0 Å². The summed E-state index contributed by atoms with van der Waals surface area (Å²) in [4.78, 5) is 11.2. The molecule has 0 spiro atoms. The molecule has 0 aliphatic heterocycles. The van der Waals surface area contributed by atoms with Crippen LogP contribution in [0.25, 0.3) is 11.0 Å². The molecule has 2 aromatic rings. The van der Waals surface area contributed by atoms with Crippen LogP contribution in [0.3, 0.4) is 0 Å². The van der Waals surface area contributed by atoms with Gasteiger partial charge >= 0.3 is 0 Å². The fourth-order valence-electron chi connectivity index (χ4n) is 2.07. The second-order valence-electron chi connectivity index (χ2n) is 5.09. The van der Waals surface area contributed by atoms with Crippen LogP contribution in [0.15, 0.2) is 6.20 Å². The van der Waals surface area contributed by atoms with Gasteiger partial charge in [-0.3, -0.25) is 9.58 Å². The molecule has 2 N–H and O–H groups in total. The maximum absolute atomic E-state index is 5.97. The van der Waals surface area contributed by atoms with E-state index >= 15 is 0 Å². The molecule has 0 saturated carbocycles. The van der Waals surface area contributed by atoms with Crippen LogP contribution in [0.1, 0.15) is 19.7 Å². The number of nitrogen functional groups attached to an aromatic ring is 1. The highest BCUT2D eigenvalue weighted by Crippen LogP contribution is 2.17. The van der Waals surface area contributed by atoms with Gasteiger partial charge in [-0.05, 0) is 13.8 Å². The minimum atomic E-state index is 0.386. The maximum atomic E-state index is 5.97. The molecule has 0 unspecified atom stereocenters. The zero-order chi connectivity index (χ0) is 14.7. The summed E-state index contributed by atoms with van der Waals surface area (Å²) >= 11 is 0. The van der Waals surface area contributed by atoms with Crippen molar-refractivity contribution in [3.05, 3.63) is 12.0 Å². The average molecular weight is 278 g/mol. The Labute approximate surface area is 118 Å². The van der Waals surface area contributed by atoms with Crippen LogP contribution in [0, 0.1) is 0 Å². The highest BCUT2D eigenvalue weighted by atomic mass is 16.5. The van der Waals surface area contributed by atoms with Gasteiger partial charge in [0.2, 0.25) is 0 Å². The molecule has 2 heterocycles. The third kappa shape index (κ3) is 3.05. The van der Waals surface area contributed by atoms with Gasteiger partial charge in [0.25, 0.3) is 0 Å². The summed E-state index contributed by atoms with van der Waals surface area (Å²) in [6, 6.07) is 0.386. The zero-order valence-corrected chi connectivity index (χ0v) is 12.5. The van der Waals surface area contributed by atoms with E-state index in [0.29, 0.717) is 30.8 Å². The fourth-order valence-corrected chi connectivity index (χ4v) is 2.07. The summed E-state index contributed by atoms with van der Waals surface area (Å²) in [6.45, 7) is 6.44. The normalized spacial score (nSPS) is 11.9. The standard InChI is InChI=1S/C13H22N6O/c1-9(2)19(5-6-20-4)8-11-16-12(14)10-7-15-18(3)13(10)17-11/h7,9H,5-6,8H2,1-4H3,(H2,14,16,17). The van der Waals surface area contributed by atoms with E-state index in [1.54, 1.807) is 18.0 Å². The van der Waals surface area contributed by atoms with Crippen molar-refractivity contribution in [1.82, 2.24) is 24.6 Å². The van der Waals surface area contributed by atoms with Crippen LogP contribution in [-0.2, 0) is 18.3 Å². The van der Waals surface area contributed by atoms with E-state index in [-0.39, 0.29) is 0 Å². The first kappa shape index (κ1) is 14.7. The Balaban J connectivity index is 2.25. The first-order valence-corrected chi connectivity index (χ1v) is 6.70. The van der Waals surface area contributed by atoms with Crippen LogP contribution in [-0.4, -0.2) is 51.0 Å². The van der Waals surface area contributed by atoms with Gasteiger partial charge in [0.15, 0.2) is 5.65 Å². The number of rotatable bonds is 6. The van der Waals surface area contributed by atoms with Crippen LogP contribution in [0.5, 0.6) is 0 Å². The van der Waals surface area contributed by atoms with Crippen molar-refractivity contribution in [3.8, 4) is 0 Å². The first-order valence-electron chi connectivity index (χ1n) is 6.70. The van der Waals surface area contributed by atoms with Crippen molar-refractivity contribution in [2.75, 3.05) is 26.0 Å². The largest absolute Gasteiger partial charge is 0.383 e. The van der Waals surface area contributed by atoms with E-state index in [0.717, 1.165) is 17.6 Å². The average Bonchev–Trinajstić information content (AvgIpc) is 2.77. The molecule has 0 aliphatic rings. The molecule has 0 fully saturated rings. The highest BCUT2D eigenvalue weighted by molar-refractivity contribution is 5.84. The Morgan fingerprint density at radius 2 is 2.15 bits per heavy atom. The van der Waals surface area contributed by atoms with Gasteiger partial charge in [-0.15, -0.1) is 0 Å². The molecular formula is C13H22N6O. The third-order valence-corrected chi connectivity index (χ3v) is 3.33. The Bertz CT molecular complexity index is 579. The molecular weight excluding hydrogens is 256 g/mol. The van der Waals surface area contributed by atoms with Gasteiger partial charge < -0.3 is 10.5 Å². The highest BCUT2D eigenvalue weighted by Gasteiger charge is 2.14. The molecule has 0 saturated heterocycles. The van der Waals surface area contributed by atoms with Crippen LogP contribution in [0.2, 0.25) is 0 Å². The third-order valence-electron chi connectivity index (χ3n) is 3.33. The van der Waals surface area contributed by atoms with Crippen molar-refractivity contribution in [2.24, 2.45) is 7.05 Å². The molecule has 110 valence electrons. The Morgan fingerprint density at radius 3 is 2.80 bits per heavy atom. The predicted octanol–water partition coefficient (Wildman–Crippen LogP) is 0.802. The summed E-state index contributed by atoms with van der Waals surface area (Å²) in [6.07, 6.45) is 1.69. The Morgan fingerprint density at radius 1 is 1.40 bits per heavy atom.